The molecule has 3 aromatic rings. The molecule has 1 N–H and O–H groups in total. The lowest BCUT2D eigenvalue weighted by molar-refractivity contribution is 0.222. The summed E-state index contributed by atoms with van der Waals surface area (Å²) >= 11 is 0. The molecule has 2 aliphatic heterocycles. The van der Waals surface area contributed by atoms with Crippen LogP contribution < -0.4 is 5.32 Å². The van der Waals surface area contributed by atoms with Crippen molar-refractivity contribution in [2.24, 2.45) is 4.99 Å². The van der Waals surface area contributed by atoms with Crippen molar-refractivity contribution >= 4 is 23.2 Å². The molecule has 0 radical (unpaired) electrons. The van der Waals surface area contributed by atoms with Gasteiger partial charge in [-0.15, -0.1) is 0 Å². The van der Waals surface area contributed by atoms with E-state index in [1.54, 1.807) is 6.07 Å². The number of anilines is 2. The molecule has 0 aliphatic carbocycles. The Hall–Kier alpha value is -3.26. The van der Waals surface area contributed by atoms with Crippen LogP contribution in [0.5, 0.6) is 0 Å². The van der Waals surface area contributed by atoms with Crippen LogP contribution in [-0.2, 0) is 5.41 Å². The van der Waals surface area contributed by atoms with Gasteiger partial charge in [-0.1, -0.05) is 26.8 Å². The second kappa shape index (κ2) is 9.65. The van der Waals surface area contributed by atoms with E-state index in [-0.39, 0.29) is 11.6 Å². The molecule has 1 fully saturated rings. The maximum Gasteiger partial charge on any atom is 0.229 e. The van der Waals surface area contributed by atoms with E-state index in [9.17, 15) is 4.39 Å². The van der Waals surface area contributed by atoms with Crippen molar-refractivity contribution in [2.75, 3.05) is 25.0 Å². The number of fused-ring (bicyclic) bond motifs is 1. The number of piperidine rings is 1. The number of likely N-dealkylation sites (tertiary alicyclic amines) is 1. The van der Waals surface area contributed by atoms with Gasteiger partial charge in [0, 0.05) is 22.9 Å². The summed E-state index contributed by atoms with van der Waals surface area (Å²) in [7, 11) is 0. The summed E-state index contributed by atoms with van der Waals surface area (Å²) in [5.41, 5.74) is 3.17. The molecule has 6 nitrogen and oxygen atoms in total. The molecular formula is C28H32F2N6. The minimum absolute atomic E-state index is 0.0384. The zero-order valence-electron chi connectivity index (χ0n) is 21.3. The molecule has 188 valence electrons. The fourth-order valence-corrected chi connectivity index (χ4v) is 5.25. The topological polar surface area (TPSA) is 66.3 Å². The van der Waals surface area contributed by atoms with Crippen LogP contribution in [0.2, 0.25) is 0 Å². The first-order valence-corrected chi connectivity index (χ1v) is 12.7. The lowest BCUT2D eigenvalue weighted by Crippen LogP contribution is -2.32. The molecule has 0 spiro atoms. The van der Waals surface area contributed by atoms with E-state index in [1.165, 1.54) is 11.6 Å². The summed E-state index contributed by atoms with van der Waals surface area (Å²) < 4.78 is 29.8. The van der Waals surface area contributed by atoms with Crippen LogP contribution >= 0.6 is 0 Å². The van der Waals surface area contributed by atoms with Gasteiger partial charge < -0.3 is 10.2 Å². The molecular weight excluding hydrogens is 458 g/mol. The zero-order chi connectivity index (χ0) is 25.4. The van der Waals surface area contributed by atoms with Crippen LogP contribution in [0.4, 0.5) is 26.2 Å². The van der Waals surface area contributed by atoms with E-state index in [1.807, 2.05) is 33.0 Å². The minimum Gasteiger partial charge on any atom is -0.309 e. The molecule has 2 aromatic heterocycles. The third-order valence-corrected chi connectivity index (χ3v) is 7.99. The number of nitrogens with zero attached hydrogens (tertiary/aromatic N) is 5. The molecule has 0 bridgehead atoms. The Morgan fingerprint density at radius 3 is 2.50 bits per heavy atom. The molecule has 2 aliphatic rings. The second-order valence-electron chi connectivity index (χ2n) is 9.94. The maximum absolute atomic E-state index is 15.0. The maximum atomic E-state index is 15.0. The third-order valence-electron chi connectivity index (χ3n) is 7.99. The van der Waals surface area contributed by atoms with Crippen molar-refractivity contribution < 1.29 is 8.78 Å². The summed E-state index contributed by atoms with van der Waals surface area (Å²) in [6.07, 6.45) is 6.02. The fraction of sp³-hybridized carbons (Fsp3) is 0.429. The van der Waals surface area contributed by atoms with E-state index >= 15 is 4.39 Å². The zero-order valence-corrected chi connectivity index (χ0v) is 21.3. The molecule has 1 atom stereocenters. The Morgan fingerprint density at radius 1 is 1.06 bits per heavy atom. The summed E-state index contributed by atoms with van der Waals surface area (Å²) in [6, 6.07) is 7.07. The van der Waals surface area contributed by atoms with Crippen molar-refractivity contribution in [2.45, 2.75) is 58.3 Å². The Bertz CT molecular complexity index is 1300. The van der Waals surface area contributed by atoms with Gasteiger partial charge in [0.1, 0.15) is 23.0 Å². The molecule has 1 unspecified atom stereocenters. The number of hydrogen-bond donors (Lipinski definition) is 1. The van der Waals surface area contributed by atoms with E-state index in [0.29, 0.717) is 23.0 Å². The van der Waals surface area contributed by atoms with E-state index in [0.717, 1.165) is 56.4 Å². The summed E-state index contributed by atoms with van der Waals surface area (Å²) in [4.78, 5) is 19.9. The molecule has 8 heteroatoms. The summed E-state index contributed by atoms with van der Waals surface area (Å²) in [5.74, 6) is 0.197. The molecule has 5 rings (SSSR count). The van der Waals surface area contributed by atoms with Gasteiger partial charge in [0.2, 0.25) is 5.95 Å². The highest BCUT2D eigenvalue weighted by Crippen LogP contribution is 2.45. The smallest absolute Gasteiger partial charge is 0.229 e. The Kier molecular flexibility index (Phi) is 6.55. The monoisotopic (exact) mass is 490 g/mol. The van der Waals surface area contributed by atoms with Gasteiger partial charge in [0.05, 0.1) is 6.20 Å². The Labute approximate surface area is 210 Å². The number of aliphatic imine (C=N–C) groups is 1. The van der Waals surface area contributed by atoms with Crippen LogP contribution in [0.3, 0.4) is 0 Å². The van der Waals surface area contributed by atoms with Crippen LogP contribution in [0, 0.1) is 11.6 Å². The SMILES string of the molecule is CCN1CCC(c2ccc(Nc3ncc(F)c(-c4cc(F)c5c(c4)C(C)(CC)C(C)=N5)n3)nc2)CC1. The minimum atomic E-state index is -0.615. The van der Waals surface area contributed by atoms with Crippen LogP contribution in [0.1, 0.15) is 64.0 Å². The van der Waals surface area contributed by atoms with Crippen LogP contribution in [-0.4, -0.2) is 45.2 Å². The highest BCUT2D eigenvalue weighted by atomic mass is 19.1. The molecule has 0 amide bonds. The van der Waals surface area contributed by atoms with Gasteiger partial charge in [-0.2, -0.15) is 0 Å². The Balaban J connectivity index is 1.38. The Morgan fingerprint density at radius 2 is 1.83 bits per heavy atom. The van der Waals surface area contributed by atoms with E-state index in [4.69, 9.17) is 0 Å². The number of rotatable bonds is 6. The number of benzene rings is 1. The highest BCUT2D eigenvalue weighted by Gasteiger charge is 2.37. The quantitative estimate of drug-likeness (QED) is 0.425. The highest BCUT2D eigenvalue weighted by molar-refractivity contribution is 6.00. The van der Waals surface area contributed by atoms with Gasteiger partial charge in [0.25, 0.3) is 0 Å². The number of hydrogen-bond acceptors (Lipinski definition) is 6. The molecule has 36 heavy (non-hydrogen) atoms. The number of halogens is 2. The van der Waals surface area contributed by atoms with Gasteiger partial charge in [-0.3, -0.25) is 4.99 Å². The normalized spacial score (nSPS) is 20.3. The van der Waals surface area contributed by atoms with Crippen molar-refractivity contribution in [3.63, 3.8) is 0 Å². The summed E-state index contributed by atoms with van der Waals surface area (Å²) in [5, 5.41) is 3.06. The first kappa shape index (κ1) is 24.4. The van der Waals surface area contributed by atoms with Gasteiger partial charge in [-0.25, -0.2) is 23.7 Å². The molecule has 0 saturated carbocycles. The predicted octanol–water partition coefficient (Wildman–Crippen LogP) is 6.53. The first-order valence-electron chi connectivity index (χ1n) is 12.7. The second-order valence-corrected chi connectivity index (χ2v) is 9.94. The van der Waals surface area contributed by atoms with Crippen LogP contribution in [0.15, 0.2) is 41.7 Å². The van der Waals surface area contributed by atoms with Gasteiger partial charge in [-0.05, 0) is 81.1 Å². The number of nitrogens with one attached hydrogen (secondary N) is 1. The molecule has 1 aromatic carbocycles. The van der Waals surface area contributed by atoms with Crippen molar-refractivity contribution in [1.82, 2.24) is 19.9 Å². The largest absolute Gasteiger partial charge is 0.309 e. The van der Waals surface area contributed by atoms with Crippen molar-refractivity contribution in [1.29, 1.82) is 0 Å². The lowest BCUT2D eigenvalue weighted by atomic mass is 9.77. The molecule has 1 saturated heterocycles. The first-order chi connectivity index (χ1) is 17.3. The standard InChI is InChI=1S/C28H32F2N6/c1-5-28(4)17(3)33-26-21(28)13-20(14-22(26)29)25-23(30)16-32-27(35-25)34-24-8-7-19(15-31-24)18-9-11-36(6-2)12-10-18/h7-8,13-16,18H,5-6,9-12H2,1-4H3,(H,31,32,34,35). The van der Waals surface area contributed by atoms with Gasteiger partial charge in [0.15, 0.2) is 5.82 Å². The third kappa shape index (κ3) is 4.39. The van der Waals surface area contributed by atoms with Crippen molar-refractivity contribution in [3.8, 4) is 11.3 Å². The van der Waals surface area contributed by atoms with E-state index < -0.39 is 17.0 Å². The molecule has 4 heterocycles. The van der Waals surface area contributed by atoms with Crippen LogP contribution in [0.25, 0.3) is 11.3 Å². The average Bonchev–Trinajstić information content (AvgIpc) is 3.16. The average molecular weight is 491 g/mol. The van der Waals surface area contributed by atoms with E-state index in [2.05, 4.69) is 43.2 Å². The fourth-order valence-electron chi connectivity index (χ4n) is 5.25. The van der Waals surface area contributed by atoms with Crippen molar-refractivity contribution in [3.05, 3.63) is 59.4 Å². The number of pyridine rings is 1. The number of aromatic nitrogens is 3. The van der Waals surface area contributed by atoms with Gasteiger partial charge >= 0.3 is 0 Å². The predicted molar refractivity (Wildman–Crippen MR) is 139 cm³/mol. The summed E-state index contributed by atoms with van der Waals surface area (Å²) in [6.45, 7) is 11.5. The lowest BCUT2D eigenvalue weighted by Gasteiger charge is -2.31.